The summed E-state index contributed by atoms with van der Waals surface area (Å²) in [5.74, 6) is 0.488. The van der Waals surface area contributed by atoms with E-state index in [1.165, 1.54) is 12.8 Å². The maximum atomic E-state index is 11.2. The molecular formula is C9H15NO. The summed E-state index contributed by atoms with van der Waals surface area (Å²) >= 11 is 0. The van der Waals surface area contributed by atoms with Crippen LogP contribution in [0.4, 0.5) is 0 Å². The molecule has 0 aromatic heterocycles. The first-order chi connectivity index (χ1) is 5.31. The van der Waals surface area contributed by atoms with Gasteiger partial charge in [-0.15, -0.1) is 0 Å². The molecule has 0 aliphatic carbocycles. The topological polar surface area (TPSA) is 20.3 Å². The van der Waals surface area contributed by atoms with Gasteiger partial charge in [0.25, 0.3) is 0 Å². The molecule has 2 aliphatic heterocycles. The molecule has 0 spiro atoms. The van der Waals surface area contributed by atoms with Gasteiger partial charge >= 0.3 is 0 Å². The lowest BCUT2D eigenvalue weighted by atomic mass is 10.0. The summed E-state index contributed by atoms with van der Waals surface area (Å²) in [5, 5.41) is 0. The number of rotatable bonds is 1. The average Bonchev–Trinajstić information content (AvgIpc) is 2.23. The highest BCUT2D eigenvalue weighted by Crippen LogP contribution is 2.33. The van der Waals surface area contributed by atoms with Crippen LogP contribution in [0.1, 0.15) is 32.6 Å². The average molecular weight is 153 g/mol. The molecular weight excluding hydrogens is 138 g/mol. The van der Waals surface area contributed by atoms with Gasteiger partial charge in [0.2, 0.25) is 0 Å². The third kappa shape index (κ3) is 1.09. The molecule has 0 unspecified atom stereocenters. The number of carbonyl (C=O) groups excluding carboxylic acids is 1. The lowest BCUT2D eigenvalue weighted by Crippen LogP contribution is -2.42. The molecule has 2 aliphatic rings. The van der Waals surface area contributed by atoms with Gasteiger partial charge in [0.15, 0.2) is 0 Å². The Morgan fingerprint density at radius 3 is 2.36 bits per heavy atom. The Morgan fingerprint density at radius 2 is 1.91 bits per heavy atom. The lowest BCUT2D eigenvalue weighted by molar-refractivity contribution is -0.123. The minimum atomic E-state index is 0.488. The second-order valence-electron chi connectivity index (χ2n) is 3.66. The SMILES string of the molecule is CCN1[C@@H]2CC[C@H]1CC(=O)C2. The molecule has 0 amide bonds. The van der Waals surface area contributed by atoms with Crippen molar-refractivity contribution in [3.8, 4) is 0 Å². The molecule has 2 rings (SSSR count). The van der Waals surface area contributed by atoms with Crippen LogP contribution in [0.5, 0.6) is 0 Å². The van der Waals surface area contributed by atoms with Crippen molar-refractivity contribution in [3.05, 3.63) is 0 Å². The fraction of sp³-hybridized carbons (Fsp3) is 0.889. The highest BCUT2D eigenvalue weighted by Gasteiger charge is 2.38. The van der Waals surface area contributed by atoms with Gasteiger partial charge in [0, 0.05) is 24.9 Å². The quantitative estimate of drug-likeness (QED) is 0.564. The third-order valence-corrected chi connectivity index (χ3v) is 3.06. The molecule has 0 N–H and O–H groups in total. The minimum Gasteiger partial charge on any atom is -0.300 e. The van der Waals surface area contributed by atoms with Crippen molar-refractivity contribution in [3.63, 3.8) is 0 Å². The third-order valence-electron chi connectivity index (χ3n) is 3.06. The zero-order valence-electron chi connectivity index (χ0n) is 7.05. The summed E-state index contributed by atoms with van der Waals surface area (Å²) in [6, 6.07) is 1.21. The standard InChI is InChI=1S/C9H15NO/c1-2-10-7-3-4-8(10)6-9(11)5-7/h7-8H,2-6H2,1H3/t7-,8+. The van der Waals surface area contributed by atoms with Crippen LogP contribution < -0.4 is 0 Å². The number of hydrogen-bond donors (Lipinski definition) is 0. The van der Waals surface area contributed by atoms with Crippen molar-refractivity contribution >= 4 is 5.78 Å². The molecule has 2 atom stereocenters. The molecule has 0 aromatic rings. The summed E-state index contributed by atoms with van der Waals surface area (Å²) in [7, 11) is 0. The van der Waals surface area contributed by atoms with E-state index in [2.05, 4.69) is 11.8 Å². The van der Waals surface area contributed by atoms with Gasteiger partial charge in [0.1, 0.15) is 5.78 Å². The Morgan fingerprint density at radius 1 is 1.36 bits per heavy atom. The zero-order valence-corrected chi connectivity index (χ0v) is 7.05. The summed E-state index contributed by atoms with van der Waals surface area (Å²) in [6.07, 6.45) is 4.16. The minimum absolute atomic E-state index is 0.488. The molecule has 2 saturated heterocycles. The monoisotopic (exact) mass is 153 g/mol. The number of carbonyl (C=O) groups is 1. The normalized spacial score (nSPS) is 38.1. The van der Waals surface area contributed by atoms with Crippen LogP contribution in [0, 0.1) is 0 Å². The number of piperidine rings is 1. The summed E-state index contributed by atoms with van der Waals surface area (Å²) in [5.41, 5.74) is 0. The first kappa shape index (κ1) is 7.29. The van der Waals surface area contributed by atoms with Crippen molar-refractivity contribution in [2.24, 2.45) is 0 Å². The van der Waals surface area contributed by atoms with Crippen LogP contribution in [0.15, 0.2) is 0 Å². The van der Waals surface area contributed by atoms with Crippen LogP contribution in [0.25, 0.3) is 0 Å². The lowest BCUT2D eigenvalue weighted by Gasteiger charge is -2.32. The maximum absolute atomic E-state index is 11.2. The predicted octanol–water partition coefficient (Wildman–Crippen LogP) is 1.20. The summed E-state index contributed by atoms with van der Waals surface area (Å²) < 4.78 is 0. The van der Waals surface area contributed by atoms with Crippen molar-refractivity contribution in [2.45, 2.75) is 44.7 Å². The van der Waals surface area contributed by atoms with Crippen molar-refractivity contribution in [1.29, 1.82) is 0 Å². The largest absolute Gasteiger partial charge is 0.300 e. The van der Waals surface area contributed by atoms with Gasteiger partial charge in [0.05, 0.1) is 0 Å². The van der Waals surface area contributed by atoms with Gasteiger partial charge in [-0.3, -0.25) is 9.69 Å². The molecule has 0 saturated carbocycles. The Kier molecular flexibility index (Phi) is 1.72. The highest BCUT2D eigenvalue weighted by molar-refractivity contribution is 5.80. The first-order valence-electron chi connectivity index (χ1n) is 4.58. The van der Waals surface area contributed by atoms with E-state index in [0.717, 1.165) is 19.4 Å². The molecule has 2 bridgehead atoms. The Balaban J connectivity index is 2.12. The van der Waals surface area contributed by atoms with Gasteiger partial charge < -0.3 is 0 Å². The molecule has 11 heavy (non-hydrogen) atoms. The fourth-order valence-electron chi connectivity index (χ4n) is 2.58. The predicted molar refractivity (Wildman–Crippen MR) is 43.4 cm³/mol. The fourth-order valence-corrected chi connectivity index (χ4v) is 2.58. The first-order valence-corrected chi connectivity index (χ1v) is 4.58. The second-order valence-corrected chi connectivity index (χ2v) is 3.66. The molecule has 0 aromatic carbocycles. The van der Waals surface area contributed by atoms with E-state index in [1.54, 1.807) is 0 Å². The Labute approximate surface area is 67.6 Å². The van der Waals surface area contributed by atoms with Gasteiger partial charge in [-0.1, -0.05) is 6.92 Å². The van der Waals surface area contributed by atoms with Crippen LogP contribution in [-0.2, 0) is 4.79 Å². The molecule has 62 valence electrons. The van der Waals surface area contributed by atoms with Crippen molar-refractivity contribution in [1.82, 2.24) is 4.90 Å². The van der Waals surface area contributed by atoms with Crippen LogP contribution >= 0.6 is 0 Å². The molecule has 2 nitrogen and oxygen atoms in total. The van der Waals surface area contributed by atoms with E-state index >= 15 is 0 Å². The number of hydrogen-bond acceptors (Lipinski definition) is 2. The zero-order chi connectivity index (χ0) is 7.84. The van der Waals surface area contributed by atoms with Crippen LogP contribution in [0.3, 0.4) is 0 Å². The molecule has 2 fully saturated rings. The number of fused-ring (bicyclic) bond motifs is 2. The number of nitrogens with zero attached hydrogens (tertiary/aromatic N) is 1. The highest BCUT2D eigenvalue weighted by atomic mass is 16.1. The van der Waals surface area contributed by atoms with E-state index in [-0.39, 0.29) is 0 Å². The molecule has 0 radical (unpaired) electrons. The summed E-state index contributed by atoms with van der Waals surface area (Å²) in [4.78, 5) is 13.7. The summed E-state index contributed by atoms with van der Waals surface area (Å²) in [6.45, 7) is 3.32. The second kappa shape index (κ2) is 2.59. The van der Waals surface area contributed by atoms with Gasteiger partial charge in [-0.25, -0.2) is 0 Å². The van der Waals surface area contributed by atoms with E-state index in [9.17, 15) is 4.79 Å². The van der Waals surface area contributed by atoms with E-state index < -0.39 is 0 Å². The molecule has 2 heteroatoms. The van der Waals surface area contributed by atoms with Crippen molar-refractivity contribution in [2.75, 3.05) is 6.54 Å². The van der Waals surface area contributed by atoms with Gasteiger partial charge in [-0.05, 0) is 19.4 Å². The Hall–Kier alpha value is -0.370. The van der Waals surface area contributed by atoms with E-state index in [1.807, 2.05) is 0 Å². The van der Waals surface area contributed by atoms with E-state index in [0.29, 0.717) is 17.9 Å². The smallest absolute Gasteiger partial charge is 0.136 e. The van der Waals surface area contributed by atoms with Crippen LogP contribution in [0.2, 0.25) is 0 Å². The van der Waals surface area contributed by atoms with E-state index in [4.69, 9.17) is 0 Å². The van der Waals surface area contributed by atoms with Crippen molar-refractivity contribution < 1.29 is 4.79 Å². The van der Waals surface area contributed by atoms with Crippen LogP contribution in [-0.4, -0.2) is 29.3 Å². The Bertz CT molecular complexity index is 162. The van der Waals surface area contributed by atoms with Gasteiger partial charge in [-0.2, -0.15) is 0 Å². The number of ketones is 1. The molecule has 2 heterocycles. The number of Topliss-reactive ketones (excluding diaryl/α,β-unsaturated/α-hetero) is 1. The maximum Gasteiger partial charge on any atom is 0.136 e.